The molecule has 45 heavy (non-hydrogen) atoms. The summed E-state index contributed by atoms with van der Waals surface area (Å²) in [5, 5.41) is 12.4. The number of hydrogen-bond acceptors (Lipinski definition) is 6. The van der Waals surface area contributed by atoms with Gasteiger partial charge in [0.1, 0.15) is 6.61 Å². The fourth-order valence-corrected chi connectivity index (χ4v) is 5.68. The smallest absolute Gasteiger partial charge is 0.407 e. The second kappa shape index (κ2) is 15.6. The van der Waals surface area contributed by atoms with Crippen molar-refractivity contribution in [1.82, 2.24) is 10.2 Å². The highest BCUT2D eigenvalue weighted by molar-refractivity contribution is 5.68. The molecule has 1 heterocycles. The molecule has 0 unspecified atom stereocenters. The first-order valence-corrected chi connectivity index (χ1v) is 15.4. The van der Waals surface area contributed by atoms with E-state index in [9.17, 15) is 9.90 Å². The lowest BCUT2D eigenvalue weighted by Crippen LogP contribution is -2.43. The summed E-state index contributed by atoms with van der Waals surface area (Å²) in [6.07, 6.45) is 0.216. The molecule has 4 aromatic rings. The zero-order valence-electron chi connectivity index (χ0n) is 26.0. The van der Waals surface area contributed by atoms with Gasteiger partial charge in [-0.05, 0) is 52.6 Å². The quantitative estimate of drug-likeness (QED) is 0.166. The standard InChI is InChI=1S/C38H42N2O5/c1-4-20-43-38(42)39-23-30-12-8-13-32(21-30)33-14-9-15-34(22-33)37-44-35(25-40(3)24-28-10-6-5-7-11-28)27(2)36(45-37)31-18-16-29(26-41)17-19-31/h4-19,21-22,27,35-37,41H,1,20,23-26H2,2-3H3,(H,39,42)/t27-,35+,36+,37+/m0/s1. The minimum Gasteiger partial charge on any atom is -0.445 e. The van der Waals surface area contributed by atoms with Crippen LogP contribution in [0.25, 0.3) is 11.1 Å². The maximum Gasteiger partial charge on any atom is 0.407 e. The van der Waals surface area contributed by atoms with Gasteiger partial charge in [-0.15, -0.1) is 0 Å². The summed E-state index contributed by atoms with van der Waals surface area (Å²) >= 11 is 0. The number of ether oxygens (including phenoxy) is 3. The van der Waals surface area contributed by atoms with E-state index in [2.05, 4.69) is 79.3 Å². The molecule has 1 saturated heterocycles. The lowest BCUT2D eigenvalue weighted by atomic mass is 9.90. The molecule has 5 rings (SSSR count). The third-order valence-corrected chi connectivity index (χ3v) is 8.10. The van der Waals surface area contributed by atoms with Crippen molar-refractivity contribution in [2.24, 2.45) is 5.92 Å². The molecule has 1 amide bonds. The van der Waals surface area contributed by atoms with E-state index in [0.29, 0.717) is 6.54 Å². The number of likely N-dealkylation sites (N-methyl/N-ethyl adjacent to an activating group) is 1. The normalized spacial score (nSPS) is 19.6. The zero-order valence-corrected chi connectivity index (χ0v) is 26.0. The number of carbonyl (C=O) groups excluding carboxylic acids is 1. The molecule has 7 heteroatoms. The van der Waals surface area contributed by atoms with Crippen LogP contribution in [-0.4, -0.2) is 42.4 Å². The Morgan fingerprint density at radius 2 is 1.60 bits per heavy atom. The van der Waals surface area contributed by atoms with Crippen LogP contribution in [0.1, 0.15) is 47.1 Å². The summed E-state index contributed by atoms with van der Waals surface area (Å²) in [7, 11) is 2.13. The summed E-state index contributed by atoms with van der Waals surface area (Å²) < 4.78 is 18.5. The van der Waals surface area contributed by atoms with Crippen molar-refractivity contribution in [3.8, 4) is 11.1 Å². The van der Waals surface area contributed by atoms with Gasteiger partial charge >= 0.3 is 6.09 Å². The van der Waals surface area contributed by atoms with E-state index in [4.69, 9.17) is 14.2 Å². The van der Waals surface area contributed by atoms with Gasteiger partial charge in [-0.2, -0.15) is 0 Å². The van der Waals surface area contributed by atoms with Crippen molar-refractivity contribution < 1.29 is 24.1 Å². The fraction of sp³-hybridized carbons (Fsp3) is 0.289. The summed E-state index contributed by atoms with van der Waals surface area (Å²) in [5.41, 5.74) is 7.13. The van der Waals surface area contributed by atoms with Gasteiger partial charge in [0.25, 0.3) is 0 Å². The highest BCUT2D eigenvalue weighted by Crippen LogP contribution is 2.42. The number of amides is 1. The molecular weight excluding hydrogens is 564 g/mol. The SMILES string of the molecule is C=CCOC(=O)NCc1cccc(-c2cccc([C@@H]3O[C@H](CN(C)Cc4ccccc4)[C@H](C)[C@H](c4ccc(CO)cc4)O3)c2)c1. The highest BCUT2D eigenvalue weighted by atomic mass is 16.7. The molecule has 0 aliphatic carbocycles. The van der Waals surface area contributed by atoms with E-state index in [0.717, 1.165) is 46.5 Å². The van der Waals surface area contributed by atoms with Crippen molar-refractivity contribution in [3.63, 3.8) is 0 Å². The molecule has 1 aliphatic heterocycles. The molecule has 234 valence electrons. The molecular formula is C38H42N2O5. The Labute approximate surface area is 266 Å². The van der Waals surface area contributed by atoms with Gasteiger partial charge in [-0.3, -0.25) is 4.90 Å². The number of rotatable bonds is 12. The Balaban J connectivity index is 1.37. The Bertz CT molecular complexity index is 1540. The molecule has 0 bridgehead atoms. The Kier molecular flexibility index (Phi) is 11.2. The number of nitrogens with one attached hydrogen (secondary N) is 1. The topological polar surface area (TPSA) is 80.3 Å². The Hall–Kier alpha value is -4.27. The van der Waals surface area contributed by atoms with Crippen LogP contribution in [0, 0.1) is 5.92 Å². The van der Waals surface area contributed by atoms with Gasteiger partial charge in [-0.25, -0.2) is 4.79 Å². The van der Waals surface area contributed by atoms with Crippen molar-refractivity contribution >= 4 is 6.09 Å². The minimum absolute atomic E-state index is 0.00342. The zero-order chi connectivity index (χ0) is 31.6. The van der Waals surface area contributed by atoms with Crippen LogP contribution in [0.15, 0.2) is 116 Å². The number of alkyl carbamates (subject to hydrolysis) is 1. The van der Waals surface area contributed by atoms with Crippen LogP contribution in [0.2, 0.25) is 0 Å². The first-order valence-electron chi connectivity index (χ1n) is 15.4. The van der Waals surface area contributed by atoms with Gasteiger partial charge in [0.15, 0.2) is 6.29 Å². The molecule has 1 fully saturated rings. The van der Waals surface area contributed by atoms with E-state index < -0.39 is 12.4 Å². The van der Waals surface area contributed by atoms with Crippen LogP contribution in [0.5, 0.6) is 0 Å². The summed E-state index contributed by atoms with van der Waals surface area (Å²) in [4.78, 5) is 14.2. The number of nitrogens with zero attached hydrogens (tertiary/aromatic N) is 1. The van der Waals surface area contributed by atoms with E-state index in [-0.39, 0.29) is 31.3 Å². The van der Waals surface area contributed by atoms with Crippen LogP contribution in [0.3, 0.4) is 0 Å². The van der Waals surface area contributed by atoms with Crippen LogP contribution >= 0.6 is 0 Å². The van der Waals surface area contributed by atoms with Crippen LogP contribution in [0.4, 0.5) is 4.79 Å². The molecule has 4 atom stereocenters. The lowest BCUT2D eigenvalue weighted by Gasteiger charge is -2.42. The Morgan fingerprint density at radius 3 is 2.33 bits per heavy atom. The lowest BCUT2D eigenvalue weighted by molar-refractivity contribution is -0.276. The van der Waals surface area contributed by atoms with Gasteiger partial charge < -0.3 is 24.6 Å². The number of carbonyl (C=O) groups is 1. The average Bonchev–Trinajstić information content (AvgIpc) is 3.08. The molecule has 0 spiro atoms. The van der Waals surface area contributed by atoms with Crippen LogP contribution < -0.4 is 5.32 Å². The first-order chi connectivity index (χ1) is 21.9. The predicted octanol–water partition coefficient (Wildman–Crippen LogP) is 7.18. The molecule has 0 aromatic heterocycles. The van der Waals surface area contributed by atoms with E-state index in [1.807, 2.05) is 54.6 Å². The third kappa shape index (κ3) is 8.68. The van der Waals surface area contributed by atoms with Gasteiger partial charge in [-0.1, -0.05) is 111 Å². The maximum atomic E-state index is 11.9. The highest BCUT2D eigenvalue weighted by Gasteiger charge is 2.38. The monoisotopic (exact) mass is 606 g/mol. The maximum absolute atomic E-state index is 11.9. The van der Waals surface area contributed by atoms with E-state index in [1.54, 1.807) is 0 Å². The van der Waals surface area contributed by atoms with E-state index in [1.165, 1.54) is 11.6 Å². The molecule has 4 aromatic carbocycles. The molecule has 0 saturated carbocycles. The predicted molar refractivity (Wildman–Crippen MR) is 176 cm³/mol. The second-order valence-corrected chi connectivity index (χ2v) is 11.6. The van der Waals surface area contributed by atoms with Gasteiger partial charge in [0.05, 0.1) is 18.8 Å². The summed E-state index contributed by atoms with van der Waals surface area (Å²) in [5.74, 6) is 0.0879. The van der Waals surface area contributed by atoms with Gasteiger partial charge in [0, 0.05) is 31.1 Å². The second-order valence-electron chi connectivity index (χ2n) is 11.6. The third-order valence-electron chi connectivity index (χ3n) is 8.10. The molecule has 7 nitrogen and oxygen atoms in total. The fourth-order valence-electron chi connectivity index (χ4n) is 5.68. The average molecular weight is 607 g/mol. The summed E-state index contributed by atoms with van der Waals surface area (Å²) in [6, 6.07) is 34.8. The van der Waals surface area contributed by atoms with Crippen molar-refractivity contribution in [1.29, 1.82) is 0 Å². The number of aliphatic hydroxyl groups is 1. The number of hydrogen-bond donors (Lipinski definition) is 2. The van der Waals surface area contributed by atoms with Crippen LogP contribution in [-0.2, 0) is 33.9 Å². The molecule has 0 radical (unpaired) electrons. The largest absolute Gasteiger partial charge is 0.445 e. The van der Waals surface area contributed by atoms with Crippen molar-refractivity contribution in [3.05, 3.63) is 144 Å². The first kappa shape index (κ1) is 32.1. The molecule has 2 N–H and O–H groups in total. The molecule has 1 aliphatic rings. The number of aliphatic hydroxyl groups excluding tert-OH is 1. The minimum atomic E-state index is -0.566. The van der Waals surface area contributed by atoms with Crippen molar-refractivity contribution in [2.45, 2.75) is 45.1 Å². The summed E-state index contributed by atoms with van der Waals surface area (Å²) in [6.45, 7) is 7.84. The number of benzene rings is 4. The Morgan fingerprint density at radius 1 is 0.889 bits per heavy atom. The van der Waals surface area contributed by atoms with E-state index >= 15 is 0 Å². The van der Waals surface area contributed by atoms with Crippen molar-refractivity contribution in [2.75, 3.05) is 20.2 Å². The van der Waals surface area contributed by atoms with Gasteiger partial charge in [0.2, 0.25) is 0 Å².